The second-order valence-electron chi connectivity index (χ2n) is 4.16. The molecule has 19 heavy (non-hydrogen) atoms. The summed E-state index contributed by atoms with van der Waals surface area (Å²) in [4.78, 5) is 23.6. The maximum absolute atomic E-state index is 11.6. The number of aliphatic carboxylic acids is 1. The van der Waals surface area contributed by atoms with Crippen molar-refractivity contribution in [3.8, 4) is 0 Å². The minimum Gasteiger partial charge on any atom is -0.480 e. The summed E-state index contributed by atoms with van der Waals surface area (Å²) < 4.78 is 0. The highest BCUT2D eigenvalue weighted by molar-refractivity contribution is 7.99. The van der Waals surface area contributed by atoms with E-state index < -0.39 is 12.0 Å². The van der Waals surface area contributed by atoms with Crippen LogP contribution in [0, 0.1) is 0 Å². The summed E-state index contributed by atoms with van der Waals surface area (Å²) in [5, 5.41) is 11.5. The van der Waals surface area contributed by atoms with Crippen LogP contribution in [0.3, 0.4) is 0 Å². The number of thioether (sulfide) groups is 1. The Kier molecular flexibility index (Phi) is 7.03. The van der Waals surface area contributed by atoms with Gasteiger partial charge in [0.15, 0.2) is 0 Å². The zero-order chi connectivity index (χ0) is 14.1. The number of carboxylic acids is 1. The van der Waals surface area contributed by atoms with Crippen LogP contribution in [0.25, 0.3) is 0 Å². The second kappa shape index (κ2) is 8.58. The molecule has 0 saturated heterocycles. The van der Waals surface area contributed by atoms with E-state index in [0.29, 0.717) is 18.6 Å². The number of carbonyl (C=O) groups is 2. The van der Waals surface area contributed by atoms with Gasteiger partial charge >= 0.3 is 5.97 Å². The van der Waals surface area contributed by atoms with Crippen LogP contribution in [-0.4, -0.2) is 28.8 Å². The van der Waals surface area contributed by atoms with Gasteiger partial charge in [-0.3, -0.25) is 4.79 Å². The van der Waals surface area contributed by atoms with Gasteiger partial charge < -0.3 is 10.4 Å². The molecule has 0 aliphatic rings. The number of carboxylic acid groups (broad SMARTS) is 1. The Hall–Kier alpha value is -1.49. The molecule has 1 aromatic carbocycles. The second-order valence-corrected chi connectivity index (χ2v) is 5.33. The van der Waals surface area contributed by atoms with E-state index in [-0.39, 0.29) is 5.91 Å². The highest BCUT2D eigenvalue weighted by Gasteiger charge is 2.18. The smallest absolute Gasteiger partial charge is 0.326 e. The van der Waals surface area contributed by atoms with Gasteiger partial charge in [0.05, 0.1) is 0 Å². The van der Waals surface area contributed by atoms with E-state index in [1.54, 1.807) is 11.8 Å². The van der Waals surface area contributed by atoms with Crippen molar-refractivity contribution in [3.63, 3.8) is 0 Å². The van der Waals surface area contributed by atoms with Gasteiger partial charge in [0.2, 0.25) is 5.91 Å². The molecule has 0 unspecified atom stereocenters. The molecule has 5 heteroatoms. The molecule has 0 aliphatic heterocycles. The van der Waals surface area contributed by atoms with Gasteiger partial charge in [-0.1, -0.05) is 31.5 Å². The normalized spacial score (nSPS) is 11.8. The molecule has 0 radical (unpaired) electrons. The fraction of sp³-hybridized carbons (Fsp3) is 0.429. The van der Waals surface area contributed by atoms with Crippen LogP contribution in [0.15, 0.2) is 35.2 Å². The SMILES string of the molecule is CCC[C@@H](NC(=O)CCSc1ccccc1)C(=O)O. The van der Waals surface area contributed by atoms with Crippen molar-refractivity contribution >= 4 is 23.6 Å². The van der Waals surface area contributed by atoms with Crippen molar-refractivity contribution in [2.45, 2.75) is 37.1 Å². The molecule has 0 aromatic heterocycles. The molecule has 1 aromatic rings. The van der Waals surface area contributed by atoms with E-state index >= 15 is 0 Å². The van der Waals surface area contributed by atoms with E-state index in [0.717, 1.165) is 11.3 Å². The van der Waals surface area contributed by atoms with E-state index in [2.05, 4.69) is 5.32 Å². The Morgan fingerprint density at radius 1 is 1.32 bits per heavy atom. The van der Waals surface area contributed by atoms with E-state index in [4.69, 9.17) is 5.11 Å². The van der Waals surface area contributed by atoms with E-state index in [1.807, 2.05) is 37.3 Å². The Balaban J connectivity index is 2.29. The molecule has 1 atom stereocenters. The lowest BCUT2D eigenvalue weighted by molar-refractivity contribution is -0.142. The van der Waals surface area contributed by atoms with Crippen molar-refractivity contribution < 1.29 is 14.7 Å². The van der Waals surface area contributed by atoms with Crippen LogP contribution in [0.1, 0.15) is 26.2 Å². The predicted octanol–water partition coefficient (Wildman–Crippen LogP) is 2.54. The average molecular weight is 281 g/mol. The molecule has 0 fully saturated rings. The van der Waals surface area contributed by atoms with Crippen molar-refractivity contribution in [1.82, 2.24) is 5.32 Å². The van der Waals surface area contributed by atoms with Gasteiger partial charge in [-0.05, 0) is 18.6 Å². The molecular formula is C14H19NO3S. The van der Waals surface area contributed by atoms with Crippen molar-refractivity contribution in [1.29, 1.82) is 0 Å². The summed E-state index contributed by atoms with van der Waals surface area (Å²) in [6.45, 7) is 1.90. The lowest BCUT2D eigenvalue weighted by atomic mass is 10.1. The quantitative estimate of drug-likeness (QED) is 0.719. The number of hydrogen-bond acceptors (Lipinski definition) is 3. The van der Waals surface area contributed by atoms with Crippen molar-refractivity contribution in [3.05, 3.63) is 30.3 Å². The molecule has 104 valence electrons. The van der Waals surface area contributed by atoms with Crippen LogP contribution in [0.4, 0.5) is 0 Å². The van der Waals surface area contributed by atoms with Crippen LogP contribution in [-0.2, 0) is 9.59 Å². The number of hydrogen-bond donors (Lipinski definition) is 2. The minimum atomic E-state index is -0.967. The molecule has 0 aliphatic carbocycles. The molecular weight excluding hydrogens is 262 g/mol. The largest absolute Gasteiger partial charge is 0.480 e. The van der Waals surface area contributed by atoms with E-state index in [9.17, 15) is 9.59 Å². The molecule has 1 rings (SSSR count). The predicted molar refractivity (Wildman–Crippen MR) is 76.3 cm³/mol. The summed E-state index contributed by atoms with van der Waals surface area (Å²) >= 11 is 1.59. The zero-order valence-electron chi connectivity index (χ0n) is 11.0. The van der Waals surface area contributed by atoms with Gasteiger partial charge in [0.1, 0.15) is 6.04 Å². The fourth-order valence-corrected chi connectivity index (χ4v) is 2.46. The zero-order valence-corrected chi connectivity index (χ0v) is 11.8. The molecule has 0 heterocycles. The Labute approximate surface area is 117 Å². The minimum absolute atomic E-state index is 0.204. The molecule has 2 N–H and O–H groups in total. The van der Waals surface area contributed by atoms with E-state index in [1.165, 1.54) is 0 Å². The fourth-order valence-electron chi connectivity index (χ4n) is 1.59. The summed E-state index contributed by atoms with van der Waals surface area (Å²) in [6, 6.07) is 9.05. The third-order valence-corrected chi connectivity index (χ3v) is 3.57. The number of rotatable bonds is 8. The number of nitrogens with one attached hydrogen (secondary N) is 1. The van der Waals surface area contributed by atoms with Crippen LogP contribution < -0.4 is 5.32 Å². The van der Waals surface area contributed by atoms with Gasteiger partial charge in [0.25, 0.3) is 0 Å². The molecule has 1 amide bonds. The average Bonchev–Trinajstić information content (AvgIpc) is 2.39. The summed E-state index contributed by atoms with van der Waals surface area (Å²) in [5.41, 5.74) is 0. The monoisotopic (exact) mass is 281 g/mol. The van der Waals surface area contributed by atoms with Gasteiger partial charge in [0, 0.05) is 17.1 Å². The molecule has 0 saturated carbocycles. The first kappa shape index (κ1) is 15.6. The van der Waals surface area contributed by atoms with Crippen LogP contribution >= 0.6 is 11.8 Å². The van der Waals surface area contributed by atoms with Crippen LogP contribution in [0.2, 0.25) is 0 Å². The van der Waals surface area contributed by atoms with Crippen molar-refractivity contribution in [2.24, 2.45) is 0 Å². The summed E-state index contributed by atoms with van der Waals surface area (Å²) in [6.07, 6.45) is 1.52. The Morgan fingerprint density at radius 3 is 2.58 bits per heavy atom. The highest BCUT2D eigenvalue weighted by atomic mass is 32.2. The number of amides is 1. The Morgan fingerprint density at radius 2 is 2.00 bits per heavy atom. The van der Waals surface area contributed by atoms with Crippen LogP contribution in [0.5, 0.6) is 0 Å². The van der Waals surface area contributed by atoms with Crippen molar-refractivity contribution in [2.75, 3.05) is 5.75 Å². The maximum Gasteiger partial charge on any atom is 0.326 e. The lowest BCUT2D eigenvalue weighted by Crippen LogP contribution is -2.40. The summed E-state index contributed by atoms with van der Waals surface area (Å²) in [7, 11) is 0. The maximum atomic E-state index is 11.6. The third kappa shape index (κ3) is 6.29. The van der Waals surface area contributed by atoms with Gasteiger partial charge in [-0.25, -0.2) is 4.79 Å². The van der Waals surface area contributed by atoms with Gasteiger partial charge in [-0.2, -0.15) is 0 Å². The molecule has 0 spiro atoms. The first-order valence-corrected chi connectivity index (χ1v) is 7.32. The third-order valence-electron chi connectivity index (χ3n) is 2.55. The molecule has 0 bridgehead atoms. The first-order valence-electron chi connectivity index (χ1n) is 6.33. The standard InChI is InChI=1S/C14H19NO3S/c1-2-6-12(14(17)18)15-13(16)9-10-19-11-7-4-3-5-8-11/h3-5,7-8,12H,2,6,9-10H2,1H3,(H,15,16)(H,17,18)/t12-/m1/s1. The number of benzene rings is 1. The number of carbonyl (C=O) groups excluding carboxylic acids is 1. The lowest BCUT2D eigenvalue weighted by Gasteiger charge is -2.13. The summed E-state index contributed by atoms with van der Waals surface area (Å²) in [5.74, 6) is -0.524. The van der Waals surface area contributed by atoms with Gasteiger partial charge in [-0.15, -0.1) is 11.8 Å². The molecule has 4 nitrogen and oxygen atoms in total. The Bertz CT molecular complexity index is 408. The topological polar surface area (TPSA) is 66.4 Å². The highest BCUT2D eigenvalue weighted by Crippen LogP contribution is 2.17. The first-order chi connectivity index (χ1) is 9.13.